The number of benzene rings is 2. The van der Waals surface area contributed by atoms with Crippen LogP contribution < -0.4 is 24.8 Å². The van der Waals surface area contributed by atoms with E-state index in [4.69, 9.17) is 14.2 Å². The number of urea groups is 1. The Kier molecular flexibility index (Phi) is 4.80. The molecule has 5 rings (SSSR count). The van der Waals surface area contributed by atoms with Gasteiger partial charge in [0.1, 0.15) is 11.4 Å². The average Bonchev–Trinajstić information content (AvgIpc) is 3.22. The first-order valence-electron chi connectivity index (χ1n) is 9.88. The molecular weight excluding hydrogens is 388 g/mol. The highest BCUT2D eigenvalue weighted by molar-refractivity contribution is 6.02. The summed E-state index contributed by atoms with van der Waals surface area (Å²) in [6.45, 7) is 3.83. The number of nitrogens with one attached hydrogen (secondary N) is 2. The molecule has 3 aliphatic heterocycles. The Hall–Kier alpha value is -3.46. The number of hydrogen-bond donors (Lipinski definition) is 2. The second-order valence-electron chi connectivity index (χ2n) is 7.40. The standard InChI is InChI=1S/C21H22N4O5/c26-19-12-28-17-3-1-2-15(20(17)23-19)22-21(27)25-8-6-24(7-9-25)11-14-4-5-16-18(10-14)30-13-29-16/h1-5,10H,6-9,11-13H2,(H,22,27)(H,23,26). The van der Waals surface area contributed by atoms with Crippen LogP contribution >= 0.6 is 0 Å². The molecular formula is C21H22N4O5. The normalized spacial score (nSPS) is 17.7. The summed E-state index contributed by atoms with van der Waals surface area (Å²) in [6, 6.07) is 11.1. The maximum Gasteiger partial charge on any atom is 0.321 e. The molecule has 2 aromatic carbocycles. The zero-order valence-corrected chi connectivity index (χ0v) is 16.3. The van der Waals surface area contributed by atoms with E-state index in [2.05, 4.69) is 15.5 Å². The summed E-state index contributed by atoms with van der Waals surface area (Å²) >= 11 is 0. The number of carbonyl (C=O) groups is 2. The minimum Gasteiger partial charge on any atom is -0.481 e. The van der Waals surface area contributed by atoms with E-state index in [1.807, 2.05) is 18.2 Å². The van der Waals surface area contributed by atoms with Gasteiger partial charge in [-0.15, -0.1) is 0 Å². The third-order valence-corrected chi connectivity index (χ3v) is 5.39. The van der Waals surface area contributed by atoms with E-state index in [9.17, 15) is 9.59 Å². The smallest absolute Gasteiger partial charge is 0.321 e. The van der Waals surface area contributed by atoms with Gasteiger partial charge in [0.05, 0.1) is 5.69 Å². The highest BCUT2D eigenvalue weighted by Gasteiger charge is 2.24. The van der Waals surface area contributed by atoms with E-state index >= 15 is 0 Å². The van der Waals surface area contributed by atoms with Gasteiger partial charge in [0.25, 0.3) is 5.91 Å². The largest absolute Gasteiger partial charge is 0.481 e. The molecule has 0 unspecified atom stereocenters. The van der Waals surface area contributed by atoms with Crippen LogP contribution in [0.4, 0.5) is 16.2 Å². The van der Waals surface area contributed by atoms with Crippen LogP contribution in [0.25, 0.3) is 0 Å². The van der Waals surface area contributed by atoms with E-state index < -0.39 is 0 Å². The van der Waals surface area contributed by atoms with Crippen molar-refractivity contribution < 1.29 is 23.8 Å². The van der Waals surface area contributed by atoms with Crippen LogP contribution in [-0.2, 0) is 11.3 Å². The zero-order chi connectivity index (χ0) is 20.5. The summed E-state index contributed by atoms with van der Waals surface area (Å²) in [5.41, 5.74) is 2.20. The third kappa shape index (κ3) is 3.71. The average molecular weight is 410 g/mol. The molecule has 9 heteroatoms. The molecule has 0 saturated carbocycles. The summed E-state index contributed by atoms with van der Waals surface area (Å²) in [5, 5.41) is 5.66. The maximum absolute atomic E-state index is 12.7. The minimum absolute atomic E-state index is 0.0181. The molecule has 0 spiro atoms. The van der Waals surface area contributed by atoms with Gasteiger partial charge >= 0.3 is 6.03 Å². The number of ether oxygens (including phenoxy) is 3. The molecule has 3 aliphatic rings. The van der Waals surface area contributed by atoms with Crippen LogP contribution in [-0.4, -0.2) is 61.3 Å². The van der Waals surface area contributed by atoms with Crippen molar-refractivity contribution in [1.82, 2.24) is 9.80 Å². The Bertz CT molecular complexity index is 987. The molecule has 2 N–H and O–H groups in total. The highest BCUT2D eigenvalue weighted by atomic mass is 16.7. The topological polar surface area (TPSA) is 92.4 Å². The van der Waals surface area contributed by atoms with Crippen LogP contribution in [0.15, 0.2) is 36.4 Å². The van der Waals surface area contributed by atoms with Crippen molar-refractivity contribution in [2.45, 2.75) is 6.54 Å². The van der Waals surface area contributed by atoms with Gasteiger partial charge in [-0.3, -0.25) is 9.69 Å². The van der Waals surface area contributed by atoms with Crippen molar-refractivity contribution in [1.29, 1.82) is 0 Å². The minimum atomic E-state index is -0.235. The molecule has 0 aromatic heterocycles. The molecule has 0 atom stereocenters. The number of anilines is 2. The second kappa shape index (κ2) is 7.75. The summed E-state index contributed by atoms with van der Waals surface area (Å²) < 4.78 is 16.2. The molecule has 3 heterocycles. The summed E-state index contributed by atoms with van der Waals surface area (Å²) in [4.78, 5) is 28.5. The number of nitrogens with zero attached hydrogens (tertiary/aromatic N) is 2. The summed E-state index contributed by atoms with van der Waals surface area (Å²) in [7, 11) is 0. The number of rotatable bonds is 3. The lowest BCUT2D eigenvalue weighted by atomic mass is 10.1. The third-order valence-electron chi connectivity index (χ3n) is 5.39. The fourth-order valence-corrected chi connectivity index (χ4v) is 3.80. The lowest BCUT2D eigenvalue weighted by Gasteiger charge is -2.35. The fraction of sp³-hybridized carbons (Fsp3) is 0.333. The molecule has 1 fully saturated rings. The molecule has 0 aliphatic carbocycles. The van der Waals surface area contributed by atoms with E-state index in [1.165, 1.54) is 0 Å². The maximum atomic E-state index is 12.7. The van der Waals surface area contributed by atoms with E-state index in [-0.39, 0.29) is 25.3 Å². The number of amides is 3. The molecule has 2 aromatic rings. The number of piperazine rings is 1. The number of fused-ring (bicyclic) bond motifs is 2. The molecule has 9 nitrogen and oxygen atoms in total. The van der Waals surface area contributed by atoms with Crippen molar-refractivity contribution in [3.05, 3.63) is 42.0 Å². The molecule has 0 radical (unpaired) electrons. The van der Waals surface area contributed by atoms with Crippen molar-refractivity contribution in [3.63, 3.8) is 0 Å². The summed E-state index contributed by atoms with van der Waals surface area (Å²) in [6.07, 6.45) is 0. The van der Waals surface area contributed by atoms with Crippen LogP contribution in [0.3, 0.4) is 0 Å². The molecule has 1 saturated heterocycles. The SMILES string of the molecule is O=C1COc2cccc(NC(=O)N3CCN(Cc4ccc5c(c4)OCO5)CC3)c2N1. The van der Waals surface area contributed by atoms with Crippen LogP contribution in [0.2, 0.25) is 0 Å². The lowest BCUT2D eigenvalue weighted by molar-refractivity contribution is -0.118. The van der Waals surface area contributed by atoms with Crippen molar-refractivity contribution >= 4 is 23.3 Å². The highest BCUT2D eigenvalue weighted by Crippen LogP contribution is 2.35. The van der Waals surface area contributed by atoms with Crippen LogP contribution in [0.5, 0.6) is 17.2 Å². The van der Waals surface area contributed by atoms with Gasteiger partial charge in [-0.2, -0.15) is 0 Å². The van der Waals surface area contributed by atoms with Gasteiger partial charge in [0, 0.05) is 32.7 Å². The first-order valence-corrected chi connectivity index (χ1v) is 9.88. The Balaban J connectivity index is 1.17. The number of para-hydroxylation sites is 1. The fourth-order valence-electron chi connectivity index (χ4n) is 3.80. The predicted molar refractivity (Wildman–Crippen MR) is 109 cm³/mol. The van der Waals surface area contributed by atoms with E-state index in [0.717, 1.165) is 36.7 Å². The zero-order valence-electron chi connectivity index (χ0n) is 16.3. The Labute approximate surface area is 173 Å². The van der Waals surface area contributed by atoms with Crippen LogP contribution in [0, 0.1) is 0 Å². The van der Waals surface area contributed by atoms with Crippen molar-refractivity contribution in [2.75, 3.05) is 50.2 Å². The number of hydrogen-bond acceptors (Lipinski definition) is 6. The van der Waals surface area contributed by atoms with Gasteiger partial charge in [0.2, 0.25) is 6.79 Å². The first-order chi connectivity index (χ1) is 14.7. The monoisotopic (exact) mass is 410 g/mol. The van der Waals surface area contributed by atoms with Gasteiger partial charge < -0.3 is 29.7 Å². The van der Waals surface area contributed by atoms with Gasteiger partial charge in [-0.05, 0) is 29.8 Å². The van der Waals surface area contributed by atoms with Crippen molar-refractivity contribution in [2.24, 2.45) is 0 Å². The molecule has 30 heavy (non-hydrogen) atoms. The number of carbonyl (C=O) groups excluding carboxylic acids is 2. The van der Waals surface area contributed by atoms with Gasteiger partial charge in [0.15, 0.2) is 18.1 Å². The Morgan fingerprint density at radius 1 is 1.00 bits per heavy atom. The van der Waals surface area contributed by atoms with Crippen molar-refractivity contribution in [3.8, 4) is 17.2 Å². The quantitative estimate of drug-likeness (QED) is 0.805. The molecule has 156 valence electrons. The second-order valence-corrected chi connectivity index (χ2v) is 7.40. The Morgan fingerprint density at radius 3 is 2.70 bits per heavy atom. The Morgan fingerprint density at radius 2 is 1.83 bits per heavy atom. The van der Waals surface area contributed by atoms with Gasteiger partial charge in [-0.25, -0.2) is 4.79 Å². The van der Waals surface area contributed by atoms with Crippen LogP contribution in [0.1, 0.15) is 5.56 Å². The molecule has 0 bridgehead atoms. The van der Waals surface area contributed by atoms with E-state index in [0.29, 0.717) is 30.2 Å². The molecule has 3 amide bonds. The van der Waals surface area contributed by atoms with E-state index in [1.54, 1.807) is 23.1 Å². The predicted octanol–water partition coefficient (Wildman–Crippen LogP) is 2.10. The first kappa shape index (κ1) is 18.6. The lowest BCUT2D eigenvalue weighted by Crippen LogP contribution is -2.49. The van der Waals surface area contributed by atoms with Gasteiger partial charge in [-0.1, -0.05) is 12.1 Å². The summed E-state index contributed by atoms with van der Waals surface area (Å²) in [5.74, 6) is 1.89.